The van der Waals surface area contributed by atoms with Gasteiger partial charge in [-0.2, -0.15) is 0 Å². The summed E-state index contributed by atoms with van der Waals surface area (Å²) in [6.45, 7) is 0. The van der Waals surface area contributed by atoms with Gasteiger partial charge in [0.05, 0.1) is 10.7 Å². The van der Waals surface area contributed by atoms with Gasteiger partial charge >= 0.3 is 0 Å². The average molecular weight is 279 g/mol. The maximum atomic E-state index is 13.5. The Hall–Kier alpha value is -2.07. The van der Waals surface area contributed by atoms with Crippen LogP contribution in [0.4, 0.5) is 15.8 Å². The number of hydrogen-bond donors (Lipinski definition) is 2. The molecule has 3 nitrogen and oxygen atoms in total. The molecular weight excluding hydrogens is 267 g/mol. The molecule has 2 aromatic rings. The van der Waals surface area contributed by atoms with Crippen molar-refractivity contribution in [1.82, 2.24) is 0 Å². The van der Waals surface area contributed by atoms with Crippen LogP contribution in [0.15, 0.2) is 42.5 Å². The Bertz CT molecular complexity index is 579. The van der Waals surface area contributed by atoms with E-state index in [0.717, 1.165) is 5.69 Å². The molecular formula is C14H12ClFN2O. The van der Waals surface area contributed by atoms with E-state index in [2.05, 4.69) is 10.6 Å². The molecule has 98 valence electrons. The van der Waals surface area contributed by atoms with Crippen LogP contribution in [0.3, 0.4) is 0 Å². The van der Waals surface area contributed by atoms with Gasteiger partial charge in [-0.05, 0) is 36.4 Å². The number of carbonyl (C=O) groups excluding carboxylic acids is 1. The van der Waals surface area contributed by atoms with Crippen LogP contribution in [0.2, 0.25) is 5.02 Å². The summed E-state index contributed by atoms with van der Waals surface area (Å²) in [5, 5.41) is 5.58. The molecule has 0 radical (unpaired) electrons. The molecule has 19 heavy (non-hydrogen) atoms. The van der Waals surface area contributed by atoms with Crippen molar-refractivity contribution in [3.8, 4) is 0 Å². The zero-order valence-electron chi connectivity index (χ0n) is 10.2. The lowest BCUT2D eigenvalue weighted by Crippen LogP contribution is -2.13. The standard InChI is InChI=1S/C14H12ClFN2O/c1-17-10-7-5-9(6-8-10)14(19)18-13-11(15)3-2-4-12(13)16/h2-8,17H,1H3,(H,18,19). The molecule has 0 atom stereocenters. The van der Waals surface area contributed by atoms with Crippen LogP contribution in [0.25, 0.3) is 0 Å². The molecule has 0 aliphatic heterocycles. The first kappa shape index (κ1) is 13.4. The van der Waals surface area contributed by atoms with Crippen LogP contribution in [-0.2, 0) is 0 Å². The van der Waals surface area contributed by atoms with Crippen molar-refractivity contribution in [3.05, 3.63) is 58.9 Å². The predicted octanol–water partition coefficient (Wildman–Crippen LogP) is 3.77. The van der Waals surface area contributed by atoms with E-state index in [1.165, 1.54) is 18.2 Å². The largest absolute Gasteiger partial charge is 0.388 e. The molecule has 2 rings (SSSR count). The Kier molecular flexibility index (Phi) is 4.02. The minimum atomic E-state index is -0.562. The van der Waals surface area contributed by atoms with Crippen molar-refractivity contribution in [2.75, 3.05) is 17.7 Å². The Morgan fingerprint density at radius 2 is 1.84 bits per heavy atom. The fourth-order valence-corrected chi connectivity index (χ4v) is 1.80. The number of amides is 1. The Morgan fingerprint density at radius 1 is 1.16 bits per heavy atom. The summed E-state index contributed by atoms with van der Waals surface area (Å²) in [6, 6.07) is 11.1. The average Bonchev–Trinajstić information content (AvgIpc) is 2.43. The number of rotatable bonds is 3. The topological polar surface area (TPSA) is 41.1 Å². The lowest BCUT2D eigenvalue weighted by atomic mass is 10.2. The zero-order chi connectivity index (χ0) is 13.8. The lowest BCUT2D eigenvalue weighted by Gasteiger charge is -2.08. The van der Waals surface area contributed by atoms with Crippen LogP contribution >= 0.6 is 11.6 Å². The molecule has 0 bridgehead atoms. The van der Waals surface area contributed by atoms with Gasteiger partial charge in [0.2, 0.25) is 0 Å². The number of halogens is 2. The Labute approximate surface area is 115 Å². The molecule has 0 aliphatic rings. The van der Waals surface area contributed by atoms with E-state index in [4.69, 9.17) is 11.6 Å². The van der Waals surface area contributed by atoms with Crippen LogP contribution in [0.5, 0.6) is 0 Å². The second-order valence-electron chi connectivity index (χ2n) is 3.88. The second kappa shape index (κ2) is 5.71. The highest BCUT2D eigenvalue weighted by Crippen LogP contribution is 2.25. The summed E-state index contributed by atoms with van der Waals surface area (Å²) < 4.78 is 13.5. The van der Waals surface area contributed by atoms with Gasteiger partial charge in [-0.25, -0.2) is 4.39 Å². The maximum absolute atomic E-state index is 13.5. The lowest BCUT2D eigenvalue weighted by molar-refractivity contribution is 0.102. The summed E-state index contributed by atoms with van der Waals surface area (Å²) in [7, 11) is 1.79. The molecule has 0 aromatic heterocycles. The van der Waals surface area contributed by atoms with Crippen LogP contribution in [0, 0.1) is 5.82 Å². The van der Waals surface area contributed by atoms with Crippen molar-refractivity contribution < 1.29 is 9.18 Å². The van der Waals surface area contributed by atoms with E-state index in [9.17, 15) is 9.18 Å². The van der Waals surface area contributed by atoms with Crippen molar-refractivity contribution in [2.24, 2.45) is 0 Å². The molecule has 2 aromatic carbocycles. The fraction of sp³-hybridized carbons (Fsp3) is 0.0714. The normalized spacial score (nSPS) is 10.1. The minimum Gasteiger partial charge on any atom is -0.388 e. The fourth-order valence-electron chi connectivity index (χ4n) is 1.59. The van der Waals surface area contributed by atoms with Crippen LogP contribution < -0.4 is 10.6 Å². The summed E-state index contributed by atoms with van der Waals surface area (Å²) >= 11 is 5.84. The molecule has 5 heteroatoms. The third-order valence-corrected chi connectivity index (χ3v) is 2.95. The molecule has 0 saturated carbocycles. The van der Waals surface area contributed by atoms with Crippen molar-refractivity contribution >= 4 is 28.9 Å². The van der Waals surface area contributed by atoms with Crippen LogP contribution in [0.1, 0.15) is 10.4 Å². The number of carbonyl (C=O) groups is 1. The van der Waals surface area contributed by atoms with Gasteiger partial charge in [-0.3, -0.25) is 4.79 Å². The number of para-hydroxylation sites is 1. The summed E-state index contributed by atoms with van der Waals surface area (Å²) in [6.07, 6.45) is 0. The molecule has 0 fully saturated rings. The molecule has 0 saturated heterocycles. The van der Waals surface area contributed by atoms with E-state index in [0.29, 0.717) is 5.56 Å². The Morgan fingerprint density at radius 3 is 2.42 bits per heavy atom. The van der Waals surface area contributed by atoms with E-state index in [1.54, 1.807) is 31.3 Å². The second-order valence-corrected chi connectivity index (χ2v) is 4.29. The number of benzene rings is 2. The van der Waals surface area contributed by atoms with E-state index in [-0.39, 0.29) is 10.7 Å². The maximum Gasteiger partial charge on any atom is 0.255 e. The summed E-state index contributed by atoms with van der Waals surface area (Å²) in [5.41, 5.74) is 1.31. The van der Waals surface area contributed by atoms with Gasteiger partial charge in [0.25, 0.3) is 5.91 Å². The molecule has 0 unspecified atom stereocenters. The van der Waals surface area contributed by atoms with Gasteiger partial charge in [-0.1, -0.05) is 17.7 Å². The third kappa shape index (κ3) is 3.03. The predicted molar refractivity (Wildman–Crippen MR) is 75.4 cm³/mol. The molecule has 0 heterocycles. The van der Waals surface area contributed by atoms with Gasteiger partial charge in [0.15, 0.2) is 0 Å². The highest BCUT2D eigenvalue weighted by Gasteiger charge is 2.12. The molecule has 2 N–H and O–H groups in total. The molecule has 0 aliphatic carbocycles. The number of hydrogen-bond acceptors (Lipinski definition) is 2. The first-order valence-corrected chi connectivity index (χ1v) is 6.03. The molecule has 0 spiro atoms. The highest BCUT2D eigenvalue weighted by molar-refractivity contribution is 6.34. The SMILES string of the molecule is CNc1ccc(C(=O)Nc2c(F)cccc2Cl)cc1. The van der Waals surface area contributed by atoms with Crippen molar-refractivity contribution in [1.29, 1.82) is 0 Å². The Balaban J connectivity index is 2.20. The van der Waals surface area contributed by atoms with Gasteiger partial charge < -0.3 is 10.6 Å². The first-order chi connectivity index (χ1) is 9.11. The smallest absolute Gasteiger partial charge is 0.255 e. The van der Waals surface area contributed by atoms with E-state index in [1.807, 2.05) is 0 Å². The minimum absolute atomic E-state index is 0.00754. The number of anilines is 2. The number of nitrogens with one attached hydrogen (secondary N) is 2. The van der Waals surface area contributed by atoms with Gasteiger partial charge in [-0.15, -0.1) is 0 Å². The summed E-state index contributed by atoms with van der Waals surface area (Å²) in [4.78, 5) is 12.0. The quantitative estimate of drug-likeness (QED) is 0.897. The zero-order valence-corrected chi connectivity index (χ0v) is 11.0. The van der Waals surface area contributed by atoms with Crippen LogP contribution in [-0.4, -0.2) is 13.0 Å². The molecule has 1 amide bonds. The highest BCUT2D eigenvalue weighted by atomic mass is 35.5. The van der Waals surface area contributed by atoms with Crippen molar-refractivity contribution in [2.45, 2.75) is 0 Å². The first-order valence-electron chi connectivity index (χ1n) is 5.65. The van der Waals surface area contributed by atoms with E-state index >= 15 is 0 Å². The third-order valence-electron chi connectivity index (χ3n) is 2.64. The monoisotopic (exact) mass is 278 g/mol. The van der Waals surface area contributed by atoms with Gasteiger partial charge in [0, 0.05) is 18.3 Å². The van der Waals surface area contributed by atoms with Gasteiger partial charge in [0.1, 0.15) is 5.82 Å². The van der Waals surface area contributed by atoms with Crippen molar-refractivity contribution in [3.63, 3.8) is 0 Å². The summed E-state index contributed by atoms with van der Waals surface area (Å²) in [5.74, 6) is -0.970. The van der Waals surface area contributed by atoms with E-state index < -0.39 is 11.7 Å².